The number of imide groups is 1. The van der Waals surface area contributed by atoms with Gasteiger partial charge in [0.1, 0.15) is 18.2 Å². The second-order valence-electron chi connectivity index (χ2n) is 9.67. The first-order valence-corrected chi connectivity index (χ1v) is 11.2. The molecule has 3 amide bonds. The second-order valence-corrected chi connectivity index (χ2v) is 9.67. The van der Waals surface area contributed by atoms with Crippen LogP contribution in [-0.4, -0.2) is 69.5 Å². The van der Waals surface area contributed by atoms with Crippen LogP contribution in [0.2, 0.25) is 0 Å². The first-order chi connectivity index (χ1) is 15.9. The standard InChI is InChI=1S/C23H29N5O6/c1-23(2,3)34-20(31)13-27-10-9-26(12-19(27)30)14-5-6-15-17(11-14)25(4)22(33)28(15)16-7-8-18(29)24-21(16)32/h5-6,11,16H,7-10,12-13H2,1-4H3,(H,24,29,32). The number of aromatic nitrogens is 2. The van der Waals surface area contributed by atoms with E-state index in [2.05, 4.69) is 5.32 Å². The van der Waals surface area contributed by atoms with Crippen LogP contribution in [0.5, 0.6) is 0 Å². The van der Waals surface area contributed by atoms with Gasteiger partial charge in [-0.15, -0.1) is 0 Å². The number of aryl methyl sites for hydroxylation is 1. The predicted molar refractivity (Wildman–Crippen MR) is 123 cm³/mol. The van der Waals surface area contributed by atoms with Crippen LogP contribution in [0.15, 0.2) is 23.0 Å². The van der Waals surface area contributed by atoms with Crippen LogP contribution < -0.4 is 15.9 Å². The molecule has 2 aromatic rings. The molecule has 182 valence electrons. The van der Waals surface area contributed by atoms with Crippen molar-refractivity contribution < 1.29 is 23.9 Å². The van der Waals surface area contributed by atoms with Gasteiger partial charge in [0.25, 0.3) is 0 Å². The zero-order chi connectivity index (χ0) is 24.8. The van der Waals surface area contributed by atoms with Crippen LogP contribution in [0.25, 0.3) is 11.0 Å². The molecular formula is C23H29N5O6. The van der Waals surface area contributed by atoms with Crippen molar-refractivity contribution in [1.82, 2.24) is 19.4 Å². The Morgan fingerprint density at radius 2 is 1.85 bits per heavy atom. The fraction of sp³-hybridized carbons (Fsp3) is 0.522. The maximum Gasteiger partial charge on any atom is 0.329 e. The van der Waals surface area contributed by atoms with Crippen LogP contribution in [0.3, 0.4) is 0 Å². The molecule has 1 unspecified atom stereocenters. The number of rotatable bonds is 4. The summed E-state index contributed by atoms with van der Waals surface area (Å²) in [5.41, 5.74) is 1.00. The molecule has 0 radical (unpaired) electrons. The van der Waals surface area contributed by atoms with E-state index in [-0.39, 0.29) is 43.4 Å². The minimum atomic E-state index is -0.752. The molecule has 0 saturated carbocycles. The Kier molecular flexibility index (Phi) is 5.96. The summed E-state index contributed by atoms with van der Waals surface area (Å²) < 4.78 is 8.19. The molecule has 11 nitrogen and oxygen atoms in total. The number of benzene rings is 1. The number of piperazine rings is 1. The van der Waals surface area contributed by atoms with Crippen LogP contribution in [-0.2, 0) is 31.0 Å². The Balaban J connectivity index is 1.53. The Morgan fingerprint density at radius 3 is 2.50 bits per heavy atom. The lowest BCUT2D eigenvalue weighted by Crippen LogP contribution is -2.52. The highest BCUT2D eigenvalue weighted by Gasteiger charge is 2.32. The lowest BCUT2D eigenvalue weighted by Gasteiger charge is -2.35. The molecule has 1 N–H and O–H groups in total. The summed E-state index contributed by atoms with van der Waals surface area (Å²) in [4.78, 5) is 65.0. The van der Waals surface area contributed by atoms with Crippen molar-refractivity contribution in [2.45, 2.75) is 45.3 Å². The van der Waals surface area contributed by atoms with E-state index in [1.807, 2.05) is 11.0 Å². The third kappa shape index (κ3) is 4.55. The Morgan fingerprint density at radius 1 is 1.12 bits per heavy atom. The maximum absolute atomic E-state index is 12.9. The minimum Gasteiger partial charge on any atom is -0.459 e. The number of amides is 3. The molecule has 0 spiro atoms. The van der Waals surface area contributed by atoms with Crippen molar-refractivity contribution in [3.05, 3.63) is 28.7 Å². The average Bonchev–Trinajstić information content (AvgIpc) is 2.98. The number of imidazole rings is 1. The summed E-state index contributed by atoms with van der Waals surface area (Å²) in [6.45, 7) is 6.22. The van der Waals surface area contributed by atoms with E-state index in [9.17, 15) is 24.0 Å². The number of nitrogens with zero attached hydrogens (tertiary/aromatic N) is 4. The van der Waals surface area contributed by atoms with Gasteiger partial charge in [0, 0.05) is 32.2 Å². The number of nitrogens with one attached hydrogen (secondary N) is 1. The van der Waals surface area contributed by atoms with Gasteiger partial charge in [0.2, 0.25) is 17.7 Å². The SMILES string of the molecule is Cn1c(=O)n(C2CCC(=O)NC2=O)c2ccc(N3CCN(CC(=O)OC(C)(C)C)C(=O)C3)cc21. The van der Waals surface area contributed by atoms with Crippen LogP contribution in [0, 0.1) is 0 Å². The molecule has 3 heterocycles. The number of fused-ring (bicyclic) bond motifs is 1. The fourth-order valence-electron chi connectivity index (χ4n) is 4.40. The fourth-order valence-corrected chi connectivity index (χ4v) is 4.40. The zero-order valence-corrected chi connectivity index (χ0v) is 19.8. The first-order valence-electron chi connectivity index (χ1n) is 11.2. The van der Waals surface area contributed by atoms with Gasteiger partial charge in [-0.1, -0.05) is 0 Å². The monoisotopic (exact) mass is 471 g/mol. The Bertz CT molecular complexity index is 1240. The van der Waals surface area contributed by atoms with E-state index in [0.29, 0.717) is 24.1 Å². The Labute approximate surface area is 196 Å². The van der Waals surface area contributed by atoms with Gasteiger partial charge in [-0.05, 0) is 45.4 Å². The van der Waals surface area contributed by atoms with Gasteiger partial charge in [0.15, 0.2) is 0 Å². The van der Waals surface area contributed by atoms with Gasteiger partial charge >= 0.3 is 11.7 Å². The molecule has 2 saturated heterocycles. The van der Waals surface area contributed by atoms with E-state index in [1.165, 1.54) is 14.0 Å². The topological polar surface area (TPSA) is 123 Å². The first kappa shape index (κ1) is 23.5. The number of esters is 1. The molecule has 11 heteroatoms. The van der Waals surface area contributed by atoms with E-state index in [4.69, 9.17) is 4.74 Å². The molecule has 1 aromatic heterocycles. The van der Waals surface area contributed by atoms with Crippen molar-refractivity contribution in [1.29, 1.82) is 0 Å². The number of carbonyl (C=O) groups is 4. The predicted octanol–water partition coefficient (Wildman–Crippen LogP) is 0.308. The molecule has 0 aliphatic carbocycles. The smallest absolute Gasteiger partial charge is 0.329 e. The van der Waals surface area contributed by atoms with Gasteiger partial charge in [-0.25, -0.2) is 4.79 Å². The van der Waals surface area contributed by atoms with E-state index >= 15 is 0 Å². The van der Waals surface area contributed by atoms with Crippen LogP contribution in [0.1, 0.15) is 39.7 Å². The second kappa shape index (κ2) is 8.62. The molecule has 1 aromatic carbocycles. The van der Waals surface area contributed by atoms with Gasteiger partial charge < -0.3 is 14.5 Å². The summed E-state index contributed by atoms with van der Waals surface area (Å²) in [6, 6.07) is 4.63. The molecule has 0 bridgehead atoms. The van der Waals surface area contributed by atoms with Gasteiger partial charge in [-0.3, -0.25) is 33.6 Å². The summed E-state index contributed by atoms with van der Waals surface area (Å²) in [5, 5.41) is 2.30. The third-order valence-electron chi connectivity index (χ3n) is 6.02. The number of anilines is 1. The highest BCUT2D eigenvalue weighted by atomic mass is 16.6. The van der Waals surface area contributed by atoms with E-state index in [0.717, 1.165) is 5.69 Å². The van der Waals surface area contributed by atoms with Crippen molar-refractivity contribution in [2.75, 3.05) is 31.1 Å². The van der Waals surface area contributed by atoms with Crippen molar-refractivity contribution in [2.24, 2.45) is 7.05 Å². The minimum absolute atomic E-state index is 0.0910. The molecule has 4 rings (SSSR count). The summed E-state index contributed by atoms with van der Waals surface area (Å²) >= 11 is 0. The maximum atomic E-state index is 12.9. The van der Waals surface area contributed by atoms with Crippen molar-refractivity contribution >= 4 is 40.4 Å². The van der Waals surface area contributed by atoms with Gasteiger partial charge in [-0.2, -0.15) is 0 Å². The molecule has 1 atom stereocenters. The van der Waals surface area contributed by atoms with Crippen LogP contribution >= 0.6 is 0 Å². The van der Waals surface area contributed by atoms with Crippen molar-refractivity contribution in [3.63, 3.8) is 0 Å². The highest BCUT2D eigenvalue weighted by molar-refractivity contribution is 6.00. The summed E-state index contributed by atoms with van der Waals surface area (Å²) in [5.74, 6) is -1.46. The summed E-state index contributed by atoms with van der Waals surface area (Å²) in [6.07, 6.45) is 0.437. The number of carbonyl (C=O) groups excluding carboxylic acids is 4. The molecule has 34 heavy (non-hydrogen) atoms. The van der Waals surface area contributed by atoms with Crippen molar-refractivity contribution in [3.8, 4) is 0 Å². The third-order valence-corrected chi connectivity index (χ3v) is 6.02. The average molecular weight is 472 g/mol. The molecule has 2 fully saturated rings. The Hall–Kier alpha value is -3.63. The zero-order valence-electron chi connectivity index (χ0n) is 19.8. The normalized spacial score (nSPS) is 19.5. The van der Waals surface area contributed by atoms with Crippen LogP contribution in [0.4, 0.5) is 5.69 Å². The number of ether oxygens (including phenoxy) is 1. The lowest BCUT2D eigenvalue weighted by molar-refractivity contribution is -0.159. The quantitative estimate of drug-likeness (QED) is 0.503. The number of piperidine rings is 1. The summed E-state index contributed by atoms with van der Waals surface area (Å²) in [7, 11) is 1.63. The van der Waals surface area contributed by atoms with Gasteiger partial charge in [0.05, 0.1) is 17.6 Å². The number of hydrogen-bond acceptors (Lipinski definition) is 7. The van der Waals surface area contributed by atoms with E-state index < -0.39 is 23.5 Å². The molecular weight excluding hydrogens is 442 g/mol. The number of hydrogen-bond donors (Lipinski definition) is 1. The molecule has 2 aliphatic heterocycles. The highest BCUT2D eigenvalue weighted by Crippen LogP contribution is 2.27. The largest absolute Gasteiger partial charge is 0.459 e. The molecule has 2 aliphatic rings. The van der Waals surface area contributed by atoms with E-state index in [1.54, 1.807) is 40.0 Å². The lowest BCUT2D eigenvalue weighted by atomic mass is 10.1.